The number of carbonyl (C=O) groups excluding carboxylic acids is 6. The first-order chi connectivity index (χ1) is 34.2. The summed E-state index contributed by atoms with van der Waals surface area (Å²) in [6, 6.07) is 8.59. The molecule has 20 nitrogen and oxygen atoms in total. The number of nitrogens with one attached hydrogen (secondary N) is 6. The summed E-state index contributed by atoms with van der Waals surface area (Å²) in [5.74, 6) is -1.86. The van der Waals surface area contributed by atoms with Gasteiger partial charge in [0.1, 0.15) is 22.9 Å². The van der Waals surface area contributed by atoms with E-state index in [0.717, 1.165) is 62.8 Å². The summed E-state index contributed by atoms with van der Waals surface area (Å²) in [4.78, 5) is 101. The number of fused-ring (bicyclic) bond motifs is 3. The number of imide groups is 1. The van der Waals surface area contributed by atoms with Gasteiger partial charge in [0.25, 0.3) is 23.3 Å². The minimum Gasteiger partial charge on any atom is -0.444 e. The van der Waals surface area contributed by atoms with Gasteiger partial charge in [0.15, 0.2) is 9.84 Å². The molecule has 2 saturated heterocycles. The monoisotopic (exact) mass is 1010 g/mol. The highest BCUT2D eigenvalue weighted by Gasteiger charge is 2.40. The van der Waals surface area contributed by atoms with Crippen molar-refractivity contribution in [2.75, 3.05) is 62.3 Å². The van der Waals surface area contributed by atoms with Crippen LogP contribution in [0.4, 0.5) is 16.2 Å². The van der Waals surface area contributed by atoms with Crippen molar-refractivity contribution in [3.63, 3.8) is 0 Å². The summed E-state index contributed by atoms with van der Waals surface area (Å²) >= 11 is 0. The molecule has 3 fully saturated rings. The van der Waals surface area contributed by atoms with Crippen LogP contribution in [-0.2, 0) is 50.1 Å². The fourth-order valence-electron chi connectivity index (χ4n) is 10.4. The van der Waals surface area contributed by atoms with Crippen LogP contribution < -0.4 is 37.0 Å². The number of aromatic nitrogens is 2. The number of piperidine rings is 2. The van der Waals surface area contributed by atoms with Crippen LogP contribution in [0.1, 0.15) is 114 Å². The number of anilines is 2. The Morgan fingerprint density at radius 2 is 1.60 bits per heavy atom. The molecule has 72 heavy (non-hydrogen) atoms. The summed E-state index contributed by atoms with van der Waals surface area (Å²) in [6.45, 7) is 9.32. The quantitative estimate of drug-likeness (QED) is 0.0695. The molecule has 0 spiro atoms. The topological polar surface area (TPSA) is 253 Å². The molecule has 1 saturated carbocycles. The molecular weight excluding hydrogens is 945 g/mol. The zero-order valence-corrected chi connectivity index (χ0v) is 42.3. The van der Waals surface area contributed by atoms with Gasteiger partial charge in [0.2, 0.25) is 11.8 Å². The first kappa shape index (κ1) is 50.2. The predicted molar refractivity (Wildman–Crippen MR) is 270 cm³/mol. The van der Waals surface area contributed by atoms with E-state index in [1.807, 2.05) is 12.1 Å². The molecule has 4 aliphatic heterocycles. The van der Waals surface area contributed by atoms with Gasteiger partial charge in [-0.15, -0.1) is 0 Å². The number of amides is 6. The molecule has 0 radical (unpaired) electrons. The van der Waals surface area contributed by atoms with Crippen molar-refractivity contribution in [2.45, 2.75) is 102 Å². The van der Waals surface area contributed by atoms with Crippen LogP contribution >= 0.6 is 0 Å². The maximum atomic E-state index is 14.3. The Balaban J connectivity index is 0.867. The number of sulfone groups is 1. The van der Waals surface area contributed by atoms with Crippen molar-refractivity contribution >= 4 is 67.7 Å². The number of benzene rings is 2. The molecular formula is C51H64N10O10S. The number of pyridine rings is 1. The standard InChI is InChI=1S/C51H64N10O10S/c1-51(2,3)71-50(68)54-18-17-53-47(65)43-37-26-60(24-29-10-11-29)40-23-33(30(28-72(5,69)70)22-34(40)36-25-58(4)49(67)44(57-43)42(36)37)45(63)52-16-7-19-59-20-14-31(15-21-59)55-38-9-6-8-32-35(38)27-61(48(32)66)39-12-13-41(62)56-46(39)64/h6,8-9,22-23,25,29,31,39,55,57H,7,10-21,24,26-28H2,1-5H3,(H,52,63)(H,53,65)(H,54,68)(H,56,62,64). The van der Waals surface area contributed by atoms with Crippen LogP contribution in [0.25, 0.3) is 22.0 Å². The van der Waals surface area contributed by atoms with E-state index in [1.165, 1.54) is 4.57 Å². The van der Waals surface area contributed by atoms with E-state index in [2.05, 4.69) is 41.4 Å². The maximum absolute atomic E-state index is 14.3. The number of rotatable bonds is 16. The van der Waals surface area contributed by atoms with Gasteiger partial charge in [-0.3, -0.25) is 34.1 Å². The third-order valence-corrected chi connectivity index (χ3v) is 14.9. The van der Waals surface area contributed by atoms with Gasteiger partial charge in [0.05, 0.1) is 5.75 Å². The van der Waals surface area contributed by atoms with Crippen LogP contribution in [0.5, 0.6) is 0 Å². The average molecular weight is 1010 g/mol. The van der Waals surface area contributed by atoms with E-state index in [-0.39, 0.29) is 66.2 Å². The second-order valence-corrected chi connectivity index (χ2v) is 23.0. The Hall–Kier alpha value is -6.74. The van der Waals surface area contributed by atoms with Gasteiger partial charge in [0, 0.05) is 134 Å². The minimum atomic E-state index is -3.63. The van der Waals surface area contributed by atoms with Crippen LogP contribution in [0.3, 0.4) is 0 Å². The first-order valence-electron chi connectivity index (χ1n) is 24.8. The van der Waals surface area contributed by atoms with Crippen LogP contribution in [0.15, 0.2) is 41.3 Å². The lowest BCUT2D eigenvalue weighted by Gasteiger charge is -2.33. The molecule has 6 heterocycles. The summed E-state index contributed by atoms with van der Waals surface area (Å²) < 4.78 is 32.7. The molecule has 1 unspecified atom stereocenters. The number of aromatic amines is 1. The number of carbonyl (C=O) groups is 6. The van der Waals surface area contributed by atoms with Crippen LogP contribution in [0.2, 0.25) is 0 Å². The Kier molecular flexibility index (Phi) is 14.0. The smallest absolute Gasteiger partial charge is 0.407 e. The minimum absolute atomic E-state index is 0.0886. The number of ether oxygens (including phenoxy) is 1. The van der Waals surface area contributed by atoms with Gasteiger partial charge in [-0.2, -0.15) is 0 Å². The zero-order chi connectivity index (χ0) is 51.2. The number of nitrogens with zero attached hydrogens (tertiary/aromatic N) is 4. The predicted octanol–water partition coefficient (Wildman–Crippen LogP) is 3.52. The van der Waals surface area contributed by atoms with Crippen molar-refractivity contribution in [1.82, 2.24) is 40.6 Å². The van der Waals surface area contributed by atoms with Gasteiger partial charge >= 0.3 is 6.09 Å². The Morgan fingerprint density at radius 3 is 2.31 bits per heavy atom. The second-order valence-electron chi connectivity index (χ2n) is 20.9. The SMILES string of the molecule is Cn1cc2c3c(c(C(=O)NCCNC(=O)OC(C)(C)C)[nH]c3c1=O)CN(CC1CC1)c1cc(C(=O)NCCCN3CCC(Nc4cccc5c4CN(C4CCC(=O)NC4=O)C5=O)CC3)c(CS(C)(=O)=O)cc1-2. The zero-order valence-electron chi connectivity index (χ0n) is 41.5. The second kappa shape index (κ2) is 20.0. The van der Waals surface area contributed by atoms with Gasteiger partial charge < -0.3 is 50.3 Å². The molecule has 2 aromatic carbocycles. The number of hydrogen-bond donors (Lipinski definition) is 6. The lowest BCUT2D eigenvalue weighted by atomic mass is 9.95. The molecule has 6 amide bonds. The molecule has 6 N–H and O–H groups in total. The van der Waals surface area contributed by atoms with E-state index in [0.29, 0.717) is 77.3 Å². The highest BCUT2D eigenvalue weighted by Crippen LogP contribution is 2.45. The average Bonchev–Trinajstić information content (AvgIpc) is 3.99. The fourth-order valence-corrected chi connectivity index (χ4v) is 11.2. The highest BCUT2D eigenvalue weighted by molar-refractivity contribution is 7.89. The van der Waals surface area contributed by atoms with E-state index in [4.69, 9.17) is 4.74 Å². The lowest BCUT2D eigenvalue weighted by Crippen LogP contribution is -2.52. The van der Waals surface area contributed by atoms with Crippen molar-refractivity contribution < 1.29 is 41.9 Å². The summed E-state index contributed by atoms with van der Waals surface area (Å²) in [6.07, 6.45) is 7.10. The maximum Gasteiger partial charge on any atom is 0.407 e. The van der Waals surface area contributed by atoms with E-state index in [9.17, 15) is 42.0 Å². The normalized spacial score (nSPS) is 18.3. The molecule has 384 valence electrons. The largest absolute Gasteiger partial charge is 0.444 e. The molecule has 4 aromatic rings. The molecule has 2 aromatic heterocycles. The number of likely N-dealkylation sites (tertiary alicyclic amines) is 1. The van der Waals surface area contributed by atoms with Crippen molar-refractivity contribution in [3.8, 4) is 11.1 Å². The fraction of sp³-hybridized carbons (Fsp3) is 0.510. The van der Waals surface area contributed by atoms with Crippen molar-refractivity contribution in [3.05, 3.63) is 80.4 Å². The molecule has 0 bridgehead atoms. The number of hydrogen-bond acceptors (Lipinski definition) is 13. The number of alkyl carbamates (subject to hydrolysis) is 1. The van der Waals surface area contributed by atoms with Gasteiger partial charge in [-0.05, 0) is 102 Å². The number of H-pyrrole nitrogens is 1. The van der Waals surface area contributed by atoms with E-state index >= 15 is 0 Å². The molecule has 1 aliphatic carbocycles. The third kappa shape index (κ3) is 11.0. The van der Waals surface area contributed by atoms with E-state index in [1.54, 1.807) is 57.1 Å². The van der Waals surface area contributed by atoms with Gasteiger partial charge in [-0.1, -0.05) is 6.07 Å². The van der Waals surface area contributed by atoms with E-state index < -0.39 is 51.0 Å². The molecule has 9 rings (SSSR count). The first-order valence-corrected chi connectivity index (χ1v) is 26.9. The lowest BCUT2D eigenvalue weighted by molar-refractivity contribution is -0.136. The van der Waals surface area contributed by atoms with Crippen LogP contribution in [0, 0.1) is 5.92 Å². The highest BCUT2D eigenvalue weighted by atomic mass is 32.2. The summed E-state index contributed by atoms with van der Waals surface area (Å²) in [7, 11) is -2.01. The number of aryl methyl sites for hydroxylation is 1. The summed E-state index contributed by atoms with van der Waals surface area (Å²) in [5.41, 5.74) is 4.81. The Morgan fingerprint density at radius 1 is 0.861 bits per heavy atom. The van der Waals surface area contributed by atoms with Crippen molar-refractivity contribution in [2.24, 2.45) is 13.0 Å². The van der Waals surface area contributed by atoms with Crippen LogP contribution in [-0.4, -0.2) is 133 Å². The Bertz CT molecular complexity index is 3040. The molecule has 5 aliphatic rings. The van der Waals surface area contributed by atoms with Crippen molar-refractivity contribution in [1.29, 1.82) is 0 Å². The molecule has 21 heteroatoms. The summed E-state index contributed by atoms with van der Waals surface area (Å²) in [5, 5.41) is 15.1. The van der Waals surface area contributed by atoms with Gasteiger partial charge in [-0.25, -0.2) is 13.2 Å². The Labute approximate surface area is 417 Å². The molecule has 1 atom stereocenters. The third-order valence-electron chi connectivity index (χ3n) is 14.0.